The fourth-order valence-electron chi connectivity index (χ4n) is 2.50. The molecule has 2 N–H and O–H groups in total. The van der Waals surface area contributed by atoms with Gasteiger partial charge in [0.25, 0.3) is 0 Å². The molecule has 0 fully saturated rings. The normalized spacial score (nSPS) is 12.6. The second-order valence-electron chi connectivity index (χ2n) is 4.77. The summed E-state index contributed by atoms with van der Waals surface area (Å²) in [6, 6.07) is 9.13. The smallest absolute Gasteiger partial charge is 0.221 e. The highest BCUT2D eigenvalue weighted by Gasteiger charge is 2.33. The number of ketones is 2. The largest absolute Gasteiger partial charge is 0.507 e. The van der Waals surface area contributed by atoms with Crippen molar-refractivity contribution < 1.29 is 19.5 Å². The van der Waals surface area contributed by atoms with E-state index < -0.39 is 5.78 Å². The van der Waals surface area contributed by atoms with Crippen LogP contribution in [0.3, 0.4) is 0 Å². The van der Waals surface area contributed by atoms with Gasteiger partial charge in [-0.05, 0) is 12.1 Å². The van der Waals surface area contributed by atoms with Crippen LogP contribution in [0, 0.1) is 0 Å². The van der Waals surface area contributed by atoms with Gasteiger partial charge in [0.2, 0.25) is 5.91 Å². The van der Waals surface area contributed by atoms with Crippen molar-refractivity contribution in [3.8, 4) is 5.75 Å². The first-order valence-electron chi connectivity index (χ1n) is 6.32. The summed E-state index contributed by atoms with van der Waals surface area (Å²) in [6.45, 7) is 1.31. The van der Waals surface area contributed by atoms with Crippen LogP contribution in [0.1, 0.15) is 38.8 Å². The predicted molar refractivity (Wildman–Crippen MR) is 75.7 cm³/mol. The minimum Gasteiger partial charge on any atom is -0.507 e. The molecule has 0 spiro atoms. The number of amides is 1. The number of fused-ring (bicyclic) bond motifs is 2. The zero-order chi connectivity index (χ0) is 15.1. The van der Waals surface area contributed by atoms with Crippen molar-refractivity contribution >= 4 is 23.2 Å². The first-order valence-corrected chi connectivity index (χ1v) is 6.32. The Hall–Kier alpha value is -2.95. The predicted octanol–water partition coefficient (Wildman–Crippen LogP) is 2.13. The van der Waals surface area contributed by atoms with Gasteiger partial charge in [0, 0.05) is 18.1 Å². The monoisotopic (exact) mass is 281 g/mol. The topological polar surface area (TPSA) is 83.5 Å². The average Bonchev–Trinajstić information content (AvgIpc) is 2.46. The van der Waals surface area contributed by atoms with Gasteiger partial charge in [0.1, 0.15) is 5.75 Å². The van der Waals surface area contributed by atoms with E-state index in [0.717, 1.165) is 0 Å². The van der Waals surface area contributed by atoms with Gasteiger partial charge in [-0.25, -0.2) is 0 Å². The van der Waals surface area contributed by atoms with E-state index in [9.17, 15) is 19.5 Å². The Labute approximate surface area is 120 Å². The lowest BCUT2D eigenvalue weighted by Gasteiger charge is -2.20. The second kappa shape index (κ2) is 4.56. The van der Waals surface area contributed by atoms with Crippen molar-refractivity contribution in [2.24, 2.45) is 0 Å². The SMILES string of the molecule is CC(=O)Nc1ccc(O)c2c1C(=O)c1ccccc1C2=O. The number of nitrogens with one attached hydrogen (secondary N) is 1. The molecule has 0 saturated heterocycles. The Morgan fingerprint density at radius 3 is 2.10 bits per heavy atom. The lowest BCUT2D eigenvalue weighted by Crippen LogP contribution is -2.23. The molecule has 2 aromatic carbocycles. The quantitative estimate of drug-likeness (QED) is 0.669. The Bertz CT molecular complexity index is 808. The zero-order valence-electron chi connectivity index (χ0n) is 11.1. The summed E-state index contributed by atoms with van der Waals surface area (Å²) in [6.07, 6.45) is 0. The molecule has 5 nitrogen and oxygen atoms in total. The molecule has 104 valence electrons. The molecule has 2 aromatic rings. The highest BCUT2D eigenvalue weighted by molar-refractivity contribution is 6.31. The summed E-state index contributed by atoms with van der Waals surface area (Å²) in [5.74, 6) is -1.45. The number of aromatic hydroxyl groups is 1. The molecular formula is C16H11NO4. The fourth-order valence-corrected chi connectivity index (χ4v) is 2.50. The van der Waals surface area contributed by atoms with E-state index in [2.05, 4.69) is 5.32 Å². The van der Waals surface area contributed by atoms with Gasteiger partial charge in [0.15, 0.2) is 11.6 Å². The number of phenolic OH excluding ortho intramolecular Hbond substituents is 1. The van der Waals surface area contributed by atoms with Crippen molar-refractivity contribution in [2.75, 3.05) is 5.32 Å². The number of rotatable bonds is 1. The van der Waals surface area contributed by atoms with Crippen molar-refractivity contribution in [2.45, 2.75) is 6.92 Å². The second-order valence-corrected chi connectivity index (χ2v) is 4.77. The standard InChI is InChI=1S/C16H11NO4/c1-8(18)17-11-6-7-12(19)14-13(11)15(20)9-4-2-3-5-10(9)16(14)21/h2-7,19H,1H3,(H,17,18). The lowest BCUT2D eigenvalue weighted by atomic mass is 9.82. The summed E-state index contributed by atoms with van der Waals surface area (Å²) in [5.41, 5.74) is 0.722. The highest BCUT2D eigenvalue weighted by atomic mass is 16.3. The summed E-state index contributed by atoms with van der Waals surface area (Å²) in [7, 11) is 0. The van der Waals surface area contributed by atoms with E-state index in [4.69, 9.17) is 0 Å². The van der Waals surface area contributed by atoms with Crippen molar-refractivity contribution in [1.82, 2.24) is 0 Å². The highest BCUT2D eigenvalue weighted by Crippen LogP contribution is 2.36. The van der Waals surface area contributed by atoms with Gasteiger partial charge >= 0.3 is 0 Å². The maximum absolute atomic E-state index is 12.6. The Morgan fingerprint density at radius 1 is 0.952 bits per heavy atom. The summed E-state index contributed by atoms with van der Waals surface area (Å²) in [4.78, 5) is 36.3. The minimum absolute atomic E-state index is 0.0360. The number of carbonyl (C=O) groups excluding carboxylic acids is 3. The zero-order valence-corrected chi connectivity index (χ0v) is 11.1. The van der Waals surface area contributed by atoms with Crippen LogP contribution in [0.25, 0.3) is 0 Å². The molecule has 0 aromatic heterocycles. The molecule has 0 radical (unpaired) electrons. The number of phenols is 1. The van der Waals surface area contributed by atoms with E-state index >= 15 is 0 Å². The summed E-state index contributed by atoms with van der Waals surface area (Å²) >= 11 is 0. The van der Waals surface area contributed by atoms with E-state index in [1.807, 2.05) is 0 Å². The van der Waals surface area contributed by atoms with Gasteiger partial charge in [-0.2, -0.15) is 0 Å². The Balaban J connectivity index is 2.31. The average molecular weight is 281 g/mol. The number of hydrogen-bond donors (Lipinski definition) is 2. The molecule has 0 saturated carbocycles. The Kier molecular flexibility index (Phi) is 2.83. The van der Waals surface area contributed by atoms with E-state index in [1.165, 1.54) is 19.1 Å². The van der Waals surface area contributed by atoms with E-state index in [-0.39, 0.29) is 45.4 Å². The first kappa shape index (κ1) is 13.1. The van der Waals surface area contributed by atoms with Gasteiger partial charge < -0.3 is 10.4 Å². The molecule has 21 heavy (non-hydrogen) atoms. The molecule has 1 aliphatic rings. The Morgan fingerprint density at radius 2 is 1.52 bits per heavy atom. The van der Waals surface area contributed by atoms with Crippen LogP contribution in [-0.4, -0.2) is 22.6 Å². The van der Waals surface area contributed by atoms with Gasteiger partial charge in [-0.1, -0.05) is 24.3 Å². The number of carbonyl (C=O) groups is 3. The number of benzene rings is 2. The van der Waals surface area contributed by atoms with Crippen LogP contribution in [0.4, 0.5) is 5.69 Å². The third kappa shape index (κ3) is 1.90. The fraction of sp³-hybridized carbons (Fsp3) is 0.0625. The van der Waals surface area contributed by atoms with Crippen LogP contribution < -0.4 is 5.32 Å². The van der Waals surface area contributed by atoms with E-state index in [1.54, 1.807) is 24.3 Å². The maximum atomic E-state index is 12.6. The summed E-state index contributed by atoms with van der Waals surface area (Å²) < 4.78 is 0. The third-order valence-corrected chi connectivity index (χ3v) is 3.36. The molecule has 0 heterocycles. The third-order valence-electron chi connectivity index (χ3n) is 3.36. The first-order chi connectivity index (χ1) is 10.0. The van der Waals surface area contributed by atoms with Crippen molar-refractivity contribution in [3.63, 3.8) is 0 Å². The molecule has 1 amide bonds. The molecule has 3 rings (SSSR count). The molecule has 0 atom stereocenters. The van der Waals surface area contributed by atoms with Crippen LogP contribution in [0.15, 0.2) is 36.4 Å². The van der Waals surface area contributed by atoms with Crippen LogP contribution in [0.2, 0.25) is 0 Å². The minimum atomic E-state index is -0.426. The molecule has 1 aliphatic carbocycles. The van der Waals surface area contributed by atoms with E-state index in [0.29, 0.717) is 0 Å². The number of hydrogen-bond acceptors (Lipinski definition) is 4. The van der Waals surface area contributed by atoms with Crippen LogP contribution >= 0.6 is 0 Å². The maximum Gasteiger partial charge on any atom is 0.221 e. The van der Waals surface area contributed by atoms with Gasteiger partial charge in [-0.3, -0.25) is 14.4 Å². The van der Waals surface area contributed by atoms with Gasteiger partial charge in [-0.15, -0.1) is 0 Å². The van der Waals surface area contributed by atoms with Gasteiger partial charge in [0.05, 0.1) is 16.8 Å². The lowest BCUT2D eigenvalue weighted by molar-refractivity contribution is -0.114. The van der Waals surface area contributed by atoms with Crippen LogP contribution in [0.5, 0.6) is 5.75 Å². The molecular weight excluding hydrogens is 270 g/mol. The van der Waals surface area contributed by atoms with Crippen molar-refractivity contribution in [3.05, 3.63) is 58.7 Å². The molecule has 0 aliphatic heterocycles. The molecule has 0 bridgehead atoms. The van der Waals surface area contributed by atoms with Crippen molar-refractivity contribution in [1.29, 1.82) is 0 Å². The molecule has 5 heteroatoms. The number of anilines is 1. The van der Waals surface area contributed by atoms with Crippen LogP contribution in [-0.2, 0) is 4.79 Å². The summed E-state index contributed by atoms with van der Waals surface area (Å²) in [5, 5.41) is 12.5. The molecule has 0 unspecified atom stereocenters.